The average Bonchev–Trinajstić information content (AvgIpc) is 3.40. The van der Waals surface area contributed by atoms with E-state index in [1.54, 1.807) is 11.9 Å². The Balaban J connectivity index is 1.55. The predicted molar refractivity (Wildman–Crippen MR) is 134 cm³/mol. The minimum atomic E-state index is -0.648. The van der Waals surface area contributed by atoms with Gasteiger partial charge in [-0.3, -0.25) is 10.2 Å². The number of nitrogens with zero attached hydrogens (tertiary/aromatic N) is 3. The van der Waals surface area contributed by atoms with Crippen molar-refractivity contribution in [2.45, 2.75) is 45.3 Å². The SMILES string of the molecule is CNc1cc(F)ccc1C(=N)c1cnc2[nH]cc(C(=O)NC3(C)CCN(C(=O)OC(C)(C)C)C3)c2n1. The lowest BCUT2D eigenvalue weighted by Gasteiger charge is -2.27. The summed E-state index contributed by atoms with van der Waals surface area (Å²) in [7, 11) is 1.64. The van der Waals surface area contributed by atoms with E-state index in [9.17, 15) is 14.0 Å². The molecule has 1 atom stereocenters. The van der Waals surface area contributed by atoms with Crippen molar-refractivity contribution in [1.29, 1.82) is 5.41 Å². The Bertz CT molecular complexity index is 1350. The third kappa shape index (κ3) is 5.14. The average molecular weight is 496 g/mol. The first-order valence-corrected chi connectivity index (χ1v) is 11.6. The molecule has 0 radical (unpaired) electrons. The molecule has 36 heavy (non-hydrogen) atoms. The first-order valence-electron chi connectivity index (χ1n) is 11.6. The molecule has 1 aromatic carbocycles. The van der Waals surface area contributed by atoms with E-state index in [0.717, 1.165) is 0 Å². The third-order valence-electron chi connectivity index (χ3n) is 5.94. The summed E-state index contributed by atoms with van der Waals surface area (Å²) in [6.45, 7) is 8.09. The van der Waals surface area contributed by atoms with Crippen LogP contribution < -0.4 is 10.6 Å². The van der Waals surface area contributed by atoms with Crippen LogP contribution in [-0.4, -0.2) is 68.8 Å². The fraction of sp³-hybridized carbons (Fsp3) is 0.400. The topological polar surface area (TPSA) is 136 Å². The van der Waals surface area contributed by atoms with Gasteiger partial charge < -0.3 is 25.3 Å². The lowest BCUT2D eigenvalue weighted by atomic mass is 10.0. The monoisotopic (exact) mass is 495 g/mol. The molecular formula is C25H30FN7O3. The van der Waals surface area contributed by atoms with Crippen LogP contribution in [0.1, 0.15) is 55.7 Å². The van der Waals surface area contributed by atoms with Crippen LogP contribution in [0.15, 0.2) is 30.6 Å². The Kier molecular flexibility index (Phi) is 6.42. The van der Waals surface area contributed by atoms with E-state index in [-0.39, 0.29) is 22.9 Å². The van der Waals surface area contributed by atoms with Gasteiger partial charge in [-0.15, -0.1) is 0 Å². The van der Waals surface area contributed by atoms with Crippen LogP contribution in [0.5, 0.6) is 0 Å². The molecule has 0 aliphatic carbocycles. The number of aromatic amines is 1. The number of benzene rings is 1. The lowest BCUT2D eigenvalue weighted by Crippen LogP contribution is -2.49. The van der Waals surface area contributed by atoms with E-state index in [1.165, 1.54) is 30.6 Å². The van der Waals surface area contributed by atoms with Gasteiger partial charge in [-0.2, -0.15) is 0 Å². The highest BCUT2D eigenvalue weighted by atomic mass is 19.1. The van der Waals surface area contributed by atoms with E-state index >= 15 is 0 Å². The second kappa shape index (κ2) is 9.21. The molecule has 2 aromatic heterocycles. The van der Waals surface area contributed by atoms with Crippen molar-refractivity contribution in [3.8, 4) is 0 Å². The summed E-state index contributed by atoms with van der Waals surface area (Å²) in [5, 5.41) is 14.5. The van der Waals surface area contributed by atoms with Gasteiger partial charge in [0.05, 0.1) is 23.0 Å². The number of carbonyl (C=O) groups excluding carboxylic acids is 2. The summed E-state index contributed by atoms with van der Waals surface area (Å²) in [5.74, 6) is -0.793. The molecule has 4 rings (SSSR count). The Morgan fingerprint density at radius 2 is 2.03 bits per heavy atom. The summed E-state index contributed by atoms with van der Waals surface area (Å²) >= 11 is 0. The number of carbonyl (C=O) groups is 2. The van der Waals surface area contributed by atoms with Crippen molar-refractivity contribution in [3.63, 3.8) is 0 Å². The number of H-pyrrole nitrogens is 1. The second-order valence-electron chi connectivity index (χ2n) is 10.1. The highest BCUT2D eigenvalue weighted by Crippen LogP contribution is 2.25. The van der Waals surface area contributed by atoms with Crippen LogP contribution in [0.3, 0.4) is 0 Å². The van der Waals surface area contributed by atoms with Gasteiger partial charge in [0, 0.05) is 37.6 Å². The van der Waals surface area contributed by atoms with Crippen LogP contribution in [0.2, 0.25) is 0 Å². The van der Waals surface area contributed by atoms with Gasteiger partial charge >= 0.3 is 6.09 Å². The fourth-order valence-corrected chi connectivity index (χ4v) is 4.15. The predicted octanol–water partition coefficient (Wildman–Crippen LogP) is 3.68. The van der Waals surface area contributed by atoms with Crippen molar-refractivity contribution in [2.24, 2.45) is 0 Å². The number of halogens is 1. The van der Waals surface area contributed by atoms with Crippen LogP contribution in [0.4, 0.5) is 14.9 Å². The van der Waals surface area contributed by atoms with E-state index < -0.39 is 23.1 Å². The molecule has 1 unspecified atom stereocenters. The molecule has 190 valence electrons. The van der Waals surface area contributed by atoms with Crippen LogP contribution in [0, 0.1) is 11.2 Å². The summed E-state index contributed by atoms with van der Waals surface area (Å²) in [4.78, 5) is 39.1. The largest absolute Gasteiger partial charge is 0.444 e. The standard InChI is InChI=1S/C25H30FN7O3/c1-24(2,3)36-23(35)33-9-8-25(4,13-33)32-22(34)16-11-29-21-20(16)31-18(12-30-21)19(27)15-7-6-14(26)10-17(15)28-5/h6-7,10-12,27-28H,8-9,13H2,1-5H3,(H,29,30)(H,32,34). The lowest BCUT2D eigenvalue weighted by molar-refractivity contribution is 0.0280. The Morgan fingerprint density at radius 3 is 2.72 bits per heavy atom. The summed E-state index contributed by atoms with van der Waals surface area (Å²) < 4.78 is 19.1. The number of fused-ring (bicyclic) bond motifs is 1. The maximum atomic E-state index is 13.6. The first-order chi connectivity index (χ1) is 16.9. The van der Waals surface area contributed by atoms with Crippen LogP contribution >= 0.6 is 0 Å². The van der Waals surface area contributed by atoms with E-state index in [0.29, 0.717) is 41.9 Å². The molecule has 4 N–H and O–H groups in total. The number of hydrogen-bond acceptors (Lipinski definition) is 7. The molecule has 10 nitrogen and oxygen atoms in total. The van der Waals surface area contributed by atoms with Gasteiger partial charge in [-0.1, -0.05) is 0 Å². The van der Waals surface area contributed by atoms with E-state index in [1.807, 2.05) is 27.7 Å². The van der Waals surface area contributed by atoms with Gasteiger partial charge in [-0.25, -0.2) is 19.2 Å². The van der Waals surface area contributed by atoms with Crippen molar-refractivity contribution >= 4 is 34.6 Å². The fourth-order valence-electron chi connectivity index (χ4n) is 4.15. The molecule has 11 heteroatoms. The Morgan fingerprint density at radius 1 is 1.28 bits per heavy atom. The molecule has 1 saturated heterocycles. The Labute approximate surface area is 208 Å². The maximum Gasteiger partial charge on any atom is 0.410 e. The van der Waals surface area contributed by atoms with Gasteiger partial charge in [0.1, 0.15) is 22.6 Å². The molecule has 2 amide bonds. The highest BCUT2D eigenvalue weighted by Gasteiger charge is 2.39. The first kappa shape index (κ1) is 25.1. The molecular weight excluding hydrogens is 465 g/mol. The molecule has 0 spiro atoms. The van der Waals surface area contributed by atoms with Crippen LogP contribution in [0.25, 0.3) is 11.2 Å². The number of nitrogens with one attached hydrogen (secondary N) is 4. The molecule has 0 saturated carbocycles. The zero-order valence-electron chi connectivity index (χ0n) is 21.0. The molecule has 0 bridgehead atoms. The van der Waals surface area contributed by atoms with Crippen molar-refractivity contribution in [1.82, 2.24) is 25.2 Å². The number of likely N-dealkylation sites (tertiary alicyclic amines) is 1. The minimum absolute atomic E-state index is 0.0389. The Hall–Kier alpha value is -4.02. The third-order valence-corrected chi connectivity index (χ3v) is 5.94. The number of hydrogen-bond donors (Lipinski definition) is 4. The zero-order chi connectivity index (χ0) is 26.3. The summed E-state index contributed by atoms with van der Waals surface area (Å²) in [5.41, 5.74) is 0.912. The van der Waals surface area contributed by atoms with Gasteiger partial charge in [-0.05, 0) is 52.3 Å². The second-order valence-corrected chi connectivity index (χ2v) is 10.1. The van der Waals surface area contributed by atoms with E-state index in [2.05, 4.69) is 25.6 Å². The van der Waals surface area contributed by atoms with Crippen molar-refractivity contribution in [2.75, 3.05) is 25.5 Å². The number of rotatable bonds is 5. The molecule has 3 aromatic rings. The smallest absolute Gasteiger partial charge is 0.410 e. The van der Waals surface area contributed by atoms with Gasteiger partial charge in [0.15, 0.2) is 5.65 Å². The number of ether oxygens (including phenoxy) is 1. The minimum Gasteiger partial charge on any atom is -0.444 e. The maximum absolute atomic E-state index is 13.6. The van der Waals surface area contributed by atoms with E-state index in [4.69, 9.17) is 10.1 Å². The normalized spacial score (nSPS) is 17.8. The highest BCUT2D eigenvalue weighted by molar-refractivity contribution is 6.14. The molecule has 1 fully saturated rings. The van der Waals surface area contributed by atoms with Crippen LogP contribution in [-0.2, 0) is 4.74 Å². The van der Waals surface area contributed by atoms with Gasteiger partial charge in [0.25, 0.3) is 5.91 Å². The van der Waals surface area contributed by atoms with Gasteiger partial charge in [0.2, 0.25) is 0 Å². The summed E-state index contributed by atoms with van der Waals surface area (Å²) in [6, 6.07) is 4.07. The zero-order valence-corrected chi connectivity index (χ0v) is 21.0. The van der Waals surface area contributed by atoms with Crippen molar-refractivity contribution < 1.29 is 18.7 Å². The number of anilines is 1. The molecule has 1 aliphatic heterocycles. The number of amides is 2. The summed E-state index contributed by atoms with van der Waals surface area (Å²) in [6.07, 6.45) is 3.11. The number of aromatic nitrogens is 3. The molecule has 1 aliphatic rings. The quantitative estimate of drug-likeness (QED) is 0.399. The molecule has 3 heterocycles. The van der Waals surface area contributed by atoms with Crippen molar-refractivity contribution in [3.05, 3.63) is 53.2 Å².